The number of hydrogen-bond donors (Lipinski definition) is 0. The first-order valence-corrected chi connectivity index (χ1v) is 26.3. The maximum absolute atomic E-state index is 17.4. The molecule has 2 spiro atoms. The molecular weight excluding hydrogens is 868 g/mol. The normalized spacial score (nSPS) is 21.6. The second-order valence-corrected chi connectivity index (χ2v) is 22.6. The van der Waals surface area contributed by atoms with Gasteiger partial charge in [0.25, 0.3) is 0 Å². The van der Waals surface area contributed by atoms with Crippen LogP contribution in [-0.4, -0.2) is 9.97 Å². The Morgan fingerprint density at radius 1 is 0.471 bits per heavy atom. The summed E-state index contributed by atoms with van der Waals surface area (Å²) in [7, 11) is -3.58. The van der Waals surface area contributed by atoms with E-state index in [4.69, 9.17) is 0 Å². The van der Waals surface area contributed by atoms with Gasteiger partial charge in [-0.3, -0.25) is 9.97 Å². The van der Waals surface area contributed by atoms with Crippen LogP contribution in [0.15, 0.2) is 249 Å². The highest BCUT2D eigenvalue weighted by atomic mass is 31.2. The van der Waals surface area contributed by atoms with Gasteiger partial charge >= 0.3 is 0 Å². The van der Waals surface area contributed by atoms with E-state index in [0.29, 0.717) is 0 Å². The number of allylic oxidation sites excluding steroid dienone is 8. The molecule has 2 heterocycles. The van der Waals surface area contributed by atoms with Gasteiger partial charge in [-0.05, 0) is 131 Å². The zero-order valence-electron chi connectivity index (χ0n) is 38.3. The summed E-state index contributed by atoms with van der Waals surface area (Å²) in [6, 6.07) is 66.3. The Morgan fingerprint density at radius 3 is 1.84 bits per heavy atom. The molecular formula is C66H45N2OP. The Bertz CT molecular complexity index is 3820. The highest BCUT2D eigenvalue weighted by Gasteiger charge is 2.59. The molecule has 70 heavy (non-hydrogen) atoms. The predicted octanol–water partition coefficient (Wildman–Crippen LogP) is 13.8. The molecule has 0 aliphatic heterocycles. The van der Waals surface area contributed by atoms with Crippen molar-refractivity contribution in [1.29, 1.82) is 0 Å². The molecule has 7 aromatic carbocycles. The molecule has 4 heteroatoms. The molecule has 0 bridgehead atoms. The van der Waals surface area contributed by atoms with Crippen LogP contribution in [0, 0.1) is 5.92 Å². The molecule has 9 aromatic rings. The van der Waals surface area contributed by atoms with Crippen LogP contribution in [0.3, 0.4) is 0 Å². The third-order valence-electron chi connectivity index (χ3n) is 16.8. The van der Waals surface area contributed by atoms with Crippen LogP contribution in [0.25, 0.3) is 39.0 Å². The van der Waals surface area contributed by atoms with Gasteiger partial charge in [-0.1, -0.05) is 188 Å². The summed E-state index contributed by atoms with van der Waals surface area (Å²) in [6.07, 6.45) is 22.7. The van der Waals surface area contributed by atoms with E-state index in [-0.39, 0.29) is 17.8 Å². The Labute approximate surface area is 408 Å². The molecule has 330 valence electrons. The van der Waals surface area contributed by atoms with E-state index in [1.807, 2.05) is 49.1 Å². The van der Waals surface area contributed by atoms with Gasteiger partial charge in [0.05, 0.1) is 10.8 Å². The van der Waals surface area contributed by atoms with Gasteiger partial charge in [0.2, 0.25) is 0 Å². The third kappa shape index (κ3) is 5.12. The molecule has 5 atom stereocenters. The second kappa shape index (κ2) is 14.8. The largest absolute Gasteiger partial charge is 0.309 e. The fraction of sp³-hybridized carbons (Fsp3) is 0.0909. The van der Waals surface area contributed by atoms with Gasteiger partial charge in [-0.25, -0.2) is 0 Å². The summed E-state index contributed by atoms with van der Waals surface area (Å²) in [5.74, 6) is 0.571. The minimum absolute atomic E-state index is 0.158. The molecule has 0 fully saturated rings. The average Bonchev–Trinajstić information content (AvgIpc) is 4.12. The maximum atomic E-state index is 17.4. The molecule has 5 unspecified atom stereocenters. The predicted molar refractivity (Wildman–Crippen MR) is 285 cm³/mol. The number of nitrogens with zero attached hydrogens (tertiary/aromatic N) is 2. The lowest BCUT2D eigenvalue weighted by molar-refractivity contribution is 0.440. The van der Waals surface area contributed by atoms with Crippen LogP contribution in [0.5, 0.6) is 0 Å². The van der Waals surface area contributed by atoms with Crippen molar-refractivity contribution >= 4 is 28.6 Å². The van der Waals surface area contributed by atoms with Crippen molar-refractivity contribution in [2.24, 2.45) is 5.92 Å². The van der Waals surface area contributed by atoms with Crippen LogP contribution in [0.1, 0.15) is 68.3 Å². The van der Waals surface area contributed by atoms with Crippen molar-refractivity contribution in [2.75, 3.05) is 0 Å². The van der Waals surface area contributed by atoms with E-state index in [0.717, 1.165) is 33.5 Å². The standard InChI is InChI=1S/C66H45N2OP/c69-70(46-16-2-1-3-17-46,47-28-32-55-53-30-26-42(44-14-12-34-67-40-44)36-61(53)65(63(55)38-47)57-22-8-4-18-49(57)50-19-5-9-23-58(50)65)48-29-33-56-54-31-27-43(45-15-13-35-68-41-45)37-62(54)66(64(56)39-48)59-24-10-6-20-51(59)52-21-7-11-25-60(52)66/h1-36,38-41,43,51,59H,37H2. The van der Waals surface area contributed by atoms with Crippen molar-refractivity contribution in [2.45, 2.75) is 29.1 Å². The van der Waals surface area contributed by atoms with Crippen molar-refractivity contribution < 1.29 is 4.57 Å². The summed E-state index contributed by atoms with van der Waals surface area (Å²) in [6.45, 7) is 0. The first kappa shape index (κ1) is 40.0. The van der Waals surface area contributed by atoms with Crippen LogP contribution in [-0.2, 0) is 15.4 Å². The Hall–Kier alpha value is -7.97. The van der Waals surface area contributed by atoms with E-state index in [9.17, 15) is 0 Å². The molecule has 0 N–H and O–H groups in total. The van der Waals surface area contributed by atoms with Crippen molar-refractivity contribution in [3.05, 3.63) is 299 Å². The Balaban J connectivity index is 0.974. The van der Waals surface area contributed by atoms with E-state index in [1.54, 1.807) is 0 Å². The van der Waals surface area contributed by atoms with E-state index < -0.39 is 18.0 Å². The van der Waals surface area contributed by atoms with Gasteiger partial charge < -0.3 is 4.57 Å². The number of benzene rings is 7. The summed E-state index contributed by atoms with van der Waals surface area (Å²) in [5, 5.41) is 2.53. The fourth-order valence-electron chi connectivity index (χ4n) is 14.1. The van der Waals surface area contributed by atoms with Crippen LogP contribution < -0.4 is 15.9 Å². The van der Waals surface area contributed by atoms with E-state index in [1.165, 1.54) is 83.5 Å². The highest BCUT2D eigenvalue weighted by molar-refractivity contribution is 7.85. The molecule has 0 saturated heterocycles. The zero-order valence-corrected chi connectivity index (χ0v) is 39.2. The van der Waals surface area contributed by atoms with Crippen molar-refractivity contribution in [1.82, 2.24) is 9.97 Å². The molecule has 0 radical (unpaired) electrons. The molecule has 15 rings (SSSR count). The number of hydrogen-bond acceptors (Lipinski definition) is 3. The van der Waals surface area contributed by atoms with Gasteiger partial charge in [-0.15, -0.1) is 0 Å². The summed E-state index contributed by atoms with van der Waals surface area (Å²) < 4.78 is 17.4. The maximum Gasteiger partial charge on any atom is 0.171 e. The number of aromatic nitrogens is 2. The van der Waals surface area contributed by atoms with Crippen LogP contribution >= 0.6 is 7.14 Å². The van der Waals surface area contributed by atoms with Gasteiger partial charge in [-0.2, -0.15) is 0 Å². The minimum Gasteiger partial charge on any atom is -0.309 e. The molecule has 0 amide bonds. The SMILES string of the molecule is O=P(c1ccccc1)(c1ccc2c(c1)C1(c3ccccc3-c3ccccc31)c1cc(-c3cccnc3)ccc1-2)c1ccc2c(c1)C1(C3=C2C=CC(c2cccnc2)C3)c2ccccc2C2C=CC=CC21. The first-order valence-electron chi connectivity index (χ1n) is 24.6. The molecule has 6 aliphatic rings. The lowest BCUT2D eigenvalue weighted by Crippen LogP contribution is -2.36. The smallest absolute Gasteiger partial charge is 0.171 e. The third-order valence-corrected chi connectivity index (χ3v) is 19.9. The lowest BCUT2D eigenvalue weighted by Gasteiger charge is -2.39. The molecule has 2 aromatic heterocycles. The zero-order chi connectivity index (χ0) is 46.2. The number of pyridine rings is 2. The lowest BCUT2D eigenvalue weighted by atomic mass is 9.62. The summed E-state index contributed by atoms with van der Waals surface area (Å²) in [4.78, 5) is 9.08. The average molecular weight is 913 g/mol. The summed E-state index contributed by atoms with van der Waals surface area (Å²) in [5.41, 5.74) is 20.1. The van der Waals surface area contributed by atoms with Crippen molar-refractivity contribution in [3.8, 4) is 33.4 Å². The molecule has 3 nitrogen and oxygen atoms in total. The minimum atomic E-state index is -3.58. The molecule has 0 saturated carbocycles. The van der Waals surface area contributed by atoms with Crippen molar-refractivity contribution in [3.63, 3.8) is 0 Å². The van der Waals surface area contributed by atoms with E-state index in [2.05, 4.69) is 204 Å². The first-order chi connectivity index (χ1) is 34.6. The fourth-order valence-corrected chi connectivity index (χ4v) is 16.7. The van der Waals surface area contributed by atoms with Gasteiger partial charge in [0.1, 0.15) is 0 Å². The van der Waals surface area contributed by atoms with Gasteiger partial charge in [0, 0.05) is 58.5 Å². The topological polar surface area (TPSA) is 42.9 Å². The van der Waals surface area contributed by atoms with E-state index >= 15 is 4.57 Å². The Morgan fingerprint density at radius 2 is 1.10 bits per heavy atom. The van der Waals surface area contributed by atoms with Gasteiger partial charge in [0.15, 0.2) is 7.14 Å². The number of fused-ring (bicyclic) bond motifs is 19. The monoisotopic (exact) mass is 912 g/mol. The summed E-state index contributed by atoms with van der Waals surface area (Å²) >= 11 is 0. The Kier molecular flexibility index (Phi) is 8.43. The quantitative estimate of drug-likeness (QED) is 0.162. The molecule has 6 aliphatic carbocycles. The number of rotatable bonds is 5. The highest BCUT2D eigenvalue weighted by Crippen LogP contribution is 2.68. The second-order valence-electron chi connectivity index (χ2n) is 19.8. The van der Waals surface area contributed by atoms with Crippen LogP contribution in [0.2, 0.25) is 0 Å². The van der Waals surface area contributed by atoms with Crippen LogP contribution in [0.4, 0.5) is 0 Å².